The Morgan fingerprint density at radius 3 is 2.55 bits per heavy atom. The Morgan fingerprint density at radius 1 is 1.21 bits per heavy atom. The van der Waals surface area contributed by atoms with E-state index in [2.05, 4.69) is 15.2 Å². The number of hydrogen-bond donors (Lipinski definition) is 2. The predicted molar refractivity (Wildman–Crippen MR) is 137 cm³/mol. The SMILES string of the molecule is CC(C)c1ccnn1C1(C(=O)Nc2ccc(Cl)cc2OC(F)F)CCN(CC2(C(=O)O)CCCCO2)CC1. The van der Waals surface area contributed by atoms with Gasteiger partial charge in [0.15, 0.2) is 11.4 Å². The van der Waals surface area contributed by atoms with E-state index in [9.17, 15) is 23.5 Å². The molecule has 12 heteroatoms. The number of benzene rings is 1. The van der Waals surface area contributed by atoms with Gasteiger partial charge in [-0.25, -0.2) is 4.79 Å². The molecule has 0 spiro atoms. The number of aromatic nitrogens is 2. The lowest BCUT2D eigenvalue weighted by atomic mass is 9.84. The van der Waals surface area contributed by atoms with Crippen LogP contribution in [-0.2, 0) is 19.9 Å². The van der Waals surface area contributed by atoms with E-state index in [0.717, 1.165) is 18.5 Å². The second-order valence-corrected chi connectivity index (χ2v) is 10.6. The van der Waals surface area contributed by atoms with E-state index < -0.39 is 29.6 Å². The molecule has 1 aromatic heterocycles. The zero-order valence-electron chi connectivity index (χ0n) is 21.5. The molecule has 1 aromatic carbocycles. The number of nitrogens with zero attached hydrogens (tertiary/aromatic N) is 3. The van der Waals surface area contributed by atoms with Gasteiger partial charge in [-0.3, -0.25) is 14.4 Å². The minimum atomic E-state index is -3.09. The van der Waals surface area contributed by atoms with Gasteiger partial charge in [-0.1, -0.05) is 25.4 Å². The molecule has 2 saturated heterocycles. The average Bonchev–Trinajstić information content (AvgIpc) is 3.37. The lowest BCUT2D eigenvalue weighted by Gasteiger charge is -2.44. The number of carboxylic acid groups (broad SMARTS) is 1. The van der Waals surface area contributed by atoms with E-state index >= 15 is 0 Å². The number of halogens is 3. The molecule has 3 heterocycles. The molecule has 9 nitrogen and oxygen atoms in total. The molecule has 208 valence electrons. The van der Waals surface area contributed by atoms with Crippen molar-refractivity contribution in [2.24, 2.45) is 0 Å². The van der Waals surface area contributed by atoms with Crippen LogP contribution in [0.5, 0.6) is 5.75 Å². The topological polar surface area (TPSA) is 106 Å². The van der Waals surface area contributed by atoms with Gasteiger partial charge in [0.25, 0.3) is 5.91 Å². The van der Waals surface area contributed by atoms with Crippen LogP contribution < -0.4 is 10.1 Å². The number of anilines is 1. The van der Waals surface area contributed by atoms with Crippen molar-refractivity contribution in [2.75, 3.05) is 31.6 Å². The monoisotopic (exact) mass is 554 g/mol. The van der Waals surface area contributed by atoms with E-state index in [1.807, 2.05) is 24.8 Å². The summed E-state index contributed by atoms with van der Waals surface area (Å²) in [6, 6.07) is 5.98. The molecule has 2 N–H and O–H groups in total. The van der Waals surface area contributed by atoms with Gasteiger partial charge in [-0.05, 0) is 56.2 Å². The largest absolute Gasteiger partial charge is 0.479 e. The summed E-state index contributed by atoms with van der Waals surface area (Å²) in [6.45, 7) is 2.37. The maximum absolute atomic E-state index is 14.0. The molecular weight excluding hydrogens is 522 g/mol. The minimum Gasteiger partial charge on any atom is -0.479 e. The number of carbonyl (C=O) groups is 2. The van der Waals surface area contributed by atoms with Crippen molar-refractivity contribution in [3.63, 3.8) is 0 Å². The molecule has 2 fully saturated rings. The van der Waals surface area contributed by atoms with Crippen LogP contribution in [0.1, 0.15) is 57.6 Å². The van der Waals surface area contributed by atoms with Gasteiger partial charge in [0.2, 0.25) is 0 Å². The first kappa shape index (κ1) is 28.3. The third-order valence-corrected chi connectivity index (χ3v) is 7.64. The molecule has 0 aliphatic carbocycles. The normalized spacial score (nSPS) is 22.0. The number of likely N-dealkylation sites (tertiary alicyclic amines) is 1. The summed E-state index contributed by atoms with van der Waals surface area (Å²) in [6.07, 6.45) is 4.34. The summed E-state index contributed by atoms with van der Waals surface area (Å²) < 4.78 is 38.2. The van der Waals surface area contributed by atoms with Crippen LogP contribution in [0.2, 0.25) is 5.02 Å². The number of ether oxygens (including phenoxy) is 2. The number of carboxylic acids is 1. The van der Waals surface area contributed by atoms with Gasteiger partial charge in [0.1, 0.15) is 5.54 Å². The van der Waals surface area contributed by atoms with Gasteiger partial charge in [-0.15, -0.1) is 0 Å². The number of aliphatic carboxylic acids is 1. The van der Waals surface area contributed by atoms with Crippen molar-refractivity contribution in [3.05, 3.63) is 41.2 Å². The van der Waals surface area contributed by atoms with Crippen molar-refractivity contribution >= 4 is 29.2 Å². The standard InChI is InChI=1S/C26H33ClF2N4O5/c1-17(2)20-7-11-30-33(20)25(22(34)31-19-6-5-18(27)15-21(19)38-24(28)29)9-12-32(13-10-25)16-26(23(35)36)8-3-4-14-37-26/h5-7,11,15,17,24H,3-4,8-10,12-14,16H2,1-2H3,(H,31,34)(H,35,36). The van der Waals surface area contributed by atoms with Crippen molar-refractivity contribution in [3.8, 4) is 5.75 Å². The quantitative estimate of drug-likeness (QED) is 0.462. The lowest BCUT2D eigenvalue weighted by Crippen LogP contribution is -2.58. The Hall–Kier alpha value is -2.76. The summed E-state index contributed by atoms with van der Waals surface area (Å²) in [7, 11) is 0. The summed E-state index contributed by atoms with van der Waals surface area (Å²) in [5.74, 6) is -1.57. The molecule has 0 saturated carbocycles. The van der Waals surface area contributed by atoms with Crippen molar-refractivity contribution < 1.29 is 33.0 Å². The summed E-state index contributed by atoms with van der Waals surface area (Å²) in [5, 5.41) is 17.4. The molecule has 1 amide bonds. The van der Waals surface area contributed by atoms with Gasteiger partial charge in [-0.2, -0.15) is 13.9 Å². The smallest absolute Gasteiger partial charge is 0.387 e. The van der Waals surface area contributed by atoms with Crippen LogP contribution in [0, 0.1) is 0 Å². The maximum atomic E-state index is 14.0. The molecule has 0 bridgehead atoms. The second kappa shape index (κ2) is 11.5. The summed E-state index contributed by atoms with van der Waals surface area (Å²) in [4.78, 5) is 28.1. The molecule has 38 heavy (non-hydrogen) atoms. The van der Waals surface area contributed by atoms with Crippen LogP contribution in [0.3, 0.4) is 0 Å². The van der Waals surface area contributed by atoms with Crippen LogP contribution in [0.15, 0.2) is 30.5 Å². The Bertz CT molecular complexity index is 1140. The predicted octanol–water partition coefficient (Wildman–Crippen LogP) is 4.72. The molecule has 4 rings (SSSR count). The Balaban J connectivity index is 1.62. The van der Waals surface area contributed by atoms with E-state index in [4.69, 9.17) is 16.3 Å². The van der Waals surface area contributed by atoms with E-state index in [1.54, 1.807) is 10.9 Å². The fraction of sp³-hybridized carbons (Fsp3) is 0.577. The number of hydrogen-bond acceptors (Lipinski definition) is 6. The Morgan fingerprint density at radius 2 is 1.95 bits per heavy atom. The number of amides is 1. The molecule has 2 aromatic rings. The number of nitrogens with one attached hydrogen (secondary N) is 1. The van der Waals surface area contributed by atoms with E-state index in [0.29, 0.717) is 39.0 Å². The second-order valence-electron chi connectivity index (χ2n) is 10.2. The van der Waals surface area contributed by atoms with Crippen LogP contribution in [-0.4, -0.2) is 70.1 Å². The van der Waals surface area contributed by atoms with Crippen LogP contribution in [0.4, 0.5) is 14.5 Å². The molecule has 1 atom stereocenters. The summed E-state index contributed by atoms with van der Waals surface area (Å²) >= 11 is 5.97. The lowest BCUT2D eigenvalue weighted by molar-refractivity contribution is -0.176. The van der Waals surface area contributed by atoms with E-state index in [-0.39, 0.29) is 28.9 Å². The van der Waals surface area contributed by atoms with Gasteiger partial charge >= 0.3 is 12.6 Å². The van der Waals surface area contributed by atoms with Gasteiger partial charge in [0, 0.05) is 49.2 Å². The Kier molecular flexibility index (Phi) is 8.59. The number of piperidine rings is 1. The first-order valence-electron chi connectivity index (χ1n) is 12.8. The fourth-order valence-electron chi connectivity index (χ4n) is 5.33. The Labute approximate surface area is 225 Å². The first-order chi connectivity index (χ1) is 18.1. The highest BCUT2D eigenvalue weighted by Gasteiger charge is 2.48. The molecular formula is C26H33ClF2N4O5. The molecule has 1 unspecified atom stereocenters. The maximum Gasteiger partial charge on any atom is 0.387 e. The summed E-state index contributed by atoms with van der Waals surface area (Å²) in [5.41, 5.74) is -1.47. The van der Waals surface area contributed by atoms with Gasteiger partial charge < -0.3 is 19.9 Å². The highest BCUT2D eigenvalue weighted by atomic mass is 35.5. The number of rotatable bonds is 9. The number of carbonyl (C=O) groups excluding carboxylic acids is 1. The van der Waals surface area contributed by atoms with E-state index in [1.165, 1.54) is 18.2 Å². The van der Waals surface area contributed by atoms with Gasteiger partial charge in [0.05, 0.1) is 5.69 Å². The van der Waals surface area contributed by atoms with Crippen molar-refractivity contribution in [2.45, 2.75) is 69.6 Å². The third-order valence-electron chi connectivity index (χ3n) is 7.40. The van der Waals surface area contributed by atoms with Crippen LogP contribution in [0.25, 0.3) is 0 Å². The first-order valence-corrected chi connectivity index (χ1v) is 13.1. The highest BCUT2D eigenvalue weighted by Crippen LogP contribution is 2.38. The molecule has 0 radical (unpaired) electrons. The third kappa shape index (κ3) is 5.79. The minimum absolute atomic E-state index is 0.0689. The van der Waals surface area contributed by atoms with Crippen LogP contribution >= 0.6 is 11.6 Å². The van der Waals surface area contributed by atoms with Crippen molar-refractivity contribution in [1.29, 1.82) is 0 Å². The van der Waals surface area contributed by atoms with Crippen molar-refractivity contribution in [1.82, 2.24) is 14.7 Å². The zero-order valence-corrected chi connectivity index (χ0v) is 22.2. The highest BCUT2D eigenvalue weighted by molar-refractivity contribution is 6.30. The fourth-order valence-corrected chi connectivity index (χ4v) is 5.49. The molecule has 2 aliphatic heterocycles. The molecule has 2 aliphatic rings. The number of alkyl halides is 2. The zero-order chi connectivity index (χ0) is 27.5. The average molecular weight is 555 g/mol.